The molecule has 1 aromatic carbocycles. The minimum absolute atomic E-state index is 0.181. The Morgan fingerprint density at radius 2 is 1.76 bits per heavy atom. The van der Waals surface area contributed by atoms with Crippen molar-refractivity contribution >= 4 is 23.7 Å². The maximum absolute atomic E-state index is 11.8. The minimum Gasteiger partial charge on any atom is -0.463 e. The molecule has 2 aromatic rings. The number of carbonyl (C=O) groups is 1. The minimum atomic E-state index is 0.181. The summed E-state index contributed by atoms with van der Waals surface area (Å²) >= 11 is 0. The average Bonchev–Trinajstić information content (AvgIpc) is 2.74. The molecule has 1 heterocycles. The van der Waals surface area contributed by atoms with Crippen LogP contribution in [0.15, 0.2) is 24.3 Å². The number of hydrogen-bond acceptors (Lipinski definition) is 6. The summed E-state index contributed by atoms with van der Waals surface area (Å²) in [6.45, 7) is 9.12. The van der Waals surface area contributed by atoms with E-state index in [0.717, 1.165) is 37.7 Å². The third-order valence-electron chi connectivity index (χ3n) is 4.19. The van der Waals surface area contributed by atoms with Crippen molar-refractivity contribution in [3.63, 3.8) is 0 Å². The summed E-state index contributed by atoms with van der Waals surface area (Å²) in [6.07, 6.45) is 4.80. The first-order valence-electron chi connectivity index (χ1n) is 10.4. The Morgan fingerprint density at radius 3 is 2.31 bits per heavy atom. The van der Waals surface area contributed by atoms with Gasteiger partial charge >= 0.3 is 6.01 Å². The quantitative estimate of drug-likeness (QED) is 0.428. The topological polar surface area (TPSA) is 93.4 Å². The summed E-state index contributed by atoms with van der Waals surface area (Å²) in [5.41, 5.74) is 8.84. The Labute approximate surface area is 174 Å². The Hall–Kier alpha value is -2.83. The summed E-state index contributed by atoms with van der Waals surface area (Å²) in [7, 11) is 1.72. The van der Waals surface area contributed by atoms with E-state index in [1.165, 1.54) is 10.5 Å². The largest absolute Gasteiger partial charge is 0.463 e. The molecule has 3 N–H and O–H groups in total. The zero-order valence-electron chi connectivity index (χ0n) is 18.4. The lowest BCUT2D eigenvalue weighted by atomic mass is 10.1. The van der Waals surface area contributed by atoms with Crippen LogP contribution in [0.2, 0.25) is 0 Å². The molecule has 0 aliphatic heterocycles. The monoisotopic (exact) mass is 401 g/mol. The van der Waals surface area contributed by atoms with Gasteiger partial charge in [0, 0.05) is 7.05 Å². The van der Waals surface area contributed by atoms with Gasteiger partial charge in [-0.2, -0.15) is 9.97 Å². The van der Waals surface area contributed by atoms with E-state index in [9.17, 15) is 4.79 Å². The van der Waals surface area contributed by atoms with Gasteiger partial charge in [0.2, 0.25) is 6.41 Å². The number of aromatic nitrogens is 2. The number of nitrogens with one attached hydrogen (secondary N) is 1. The molecule has 160 valence electrons. The maximum Gasteiger partial charge on any atom is 0.320 e. The van der Waals surface area contributed by atoms with Gasteiger partial charge in [-0.25, -0.2) is 0 Å². The number of benzene rings is 1. The van der Waals surface area contributed by atoms with E-state index >= 15 is 0 Å². The molecule has 0 fully saturated rings. The van der Waals surface area contributed by atoms with Crippen LogP contribution < -0.4 is 20.7 Å². The van der Waals surface area contributed by atoms with E-state index in [2.05, 4.69) is 41.3 Å². The highest BCUT2D eigenvalue weighted by Crippen LogP contribution is 2.30. The lowest BCUT2D eigenvalue weighted by molar-refractivity contribution is -0.107. The van der Waals surface area contributed by atoms with Gasteiger partial charge in [0.1, 0.15) is 5.69 Å². The number of carbonyl (C=O) groups excluding carboxylic acids is 1. The lowest BCUT2D eigenvalue weighted by Crippen LogP contribution is -2.24. The number of nitrogens with zero attached hydrogens (tertiary/aromatic N) is 3. The average molecular weight is 402 g/mol. The molecule has 0 atom stereocenters. The van der Waals surface area contributed by atoms with Crippen LogP contribution in [0, 0.1) is 0 Å². The first-order valence-corrected chi connectivity index (χ1v) is 10.4. The number of unbranched alkanes of at least 4 members (excludes halogenated alkanes) is 1. The van der Waals surface area contributed by atoms with E-state index < -0.39 is 0 Å². The van der Waals surface area contributed by atoms with Crippen molar-refractivity contribution in [1.82, 2.24) is 9.97 Å². The molecule has 29 heavy (non-hydrogen) atoms. The van der Waals surface area contributed by atoms with Crippen LogP contribution >= 0.6 is 0 Å². The van der Waals surface area contributed by atoms with Crippen LogP contribution in [0.5, 0.6) is 6.01 Å². The first kappa shape index (κ1) is 24.2. The van der Waals surface area contributed by atoms with Gasteiger partial charge in [-0.3, -0.25) is 9.69 Å². The Kier molecular flexibility index (Phi) is 11.2. The van der Waals surface area contributed by atoms with Gasteiger partial charge in [-0.1, -0.05) is 64.8 Å². The van der Waals surface area contributed by atoms with Crippen molar-refractivity contribution in [2.24, 2.45) is 0 Å². The summed E-state index contributed by atoms with van der Waals surface area (Å²) < 4.78 is 5.58. The van der Waals surface area contributed by atoms with Crippen LogP contribution in [0.25, 0.3) is 0 Å². The third kappa shape index (κ3) is 7.25. The summed E-state index contributed by atoms with van der Waals surface area (Å²) in [4.78, 5) is 21.9. The van der Waals surface area contributed by atoms with Gasteiger partial charge in [-0.05, 0) is 24.0 Å². The summed E-state index contributed by atoms with van der Waals surface area (Å²) in [6, 6.07) is 8.43. The number of hydrogen-bond donors (Lipinski definition) is 2. The number of anilines is 3. The molecule has 0 saturated carbocycles. The highest BCUT2D eigenvalue weighted by atomic mass is 16.5. The van der Waals surface area contributed by atoms with Crippen LogP contribution in [0.3, 0.4) is 0 Å². The number of aryl methyl sites for hydroxylation is 1. The highest BCUT2D eigenvalue weighted by Gasteiger charge is 2.18. The number of nitrogen functional groups attached to an aromatic ring is 1. The number of amides is 1. The molecule has 7 nitrogen and oxygen atoms in total. The zero-order valence-corrected chi connectivity index (χ0v) is 18.4. The molecule has 0 aliphatic rings. The fourth-order valence-electron chi connectivity index (χ4n) is 2.72. The van der Waals surface area contributed by atoms with Crippen molar-refractivity contribution in [3.8, 4) is 6.01 Å². The highest BCUT2D eigenvalue weighted by molar-refractivity contribution is 5.85. The molecule has 0 radical (unpaired) electrons. The van der Waals surface area contributed by atoms with Crippen LogP contribution in [-0.4, -0.2) is 30.0 Å². The molecule has 0 bridgehead atoms. The molecule has 0 unspecified atom stereocenters. The maximum atomic E-state index is 11.8. The predicted octanol–water partition coefficient (Wildman–Crippen LogP) is 4.42. The summed E-state index contributed by atoms with van der Waals surface area (Å²) in [5.74, 6) is 0.656. The molecule has 7 heteroatoms. The van der Waals surface area contributed by atoms with E-state index in [4.69, 9.17) is 10.5 Å². The summed E-state index contributed by atoms with van der Waals surface area (Å²) in [5, 5.41) is 2.98. The second-order valence-corrected chi connectivity index (χ2v) is 6.34. The molecule has 2 rings (SSSR count). The lowest BCUT2D eigenvalue weighted by Gasteiger charge is -2.21. The number of rotatable bonds is 11. The van der Waals surface area contributed by atoms with Gasteiger partial charge in [0.15, 0.2) is 11.6 Å². The molecule has 1 aromatic heterocycles. The van der Waals surface area contributed by atoms with Gasteiger partial charge in [0.05, 0.1) is 13.2 Å². The smallest absolute Gasteiger partial charge is 0.320 e. The molecule has 0 spiro atoms. The van der Waals surface area contributed by atoms with Crippen molar-refractivity contribution in [3.05, 3.63) is 35.4 Å². The fourth-order valence-corrected chi connectivity index (χ4v) is 2.72. The first-order chi connectivity index (χ1) is 14.1. The Bertz CT molecular complexity index is 735. The Balaban J connectivity index is 0.00000204. The Morgan fingerprint density at radius 1 is 1.10 bits per heavy atom. The van der Waals surface area contributed by atoms with E-state index in [0.29, 0.717) is 24.7 Å². The van der Waals surface area contributed by atoms with Gasteiger partial charge < -0.3 is 15.8 Å². The third-order valence-corrected chi connectivity index (χ3v) is 4.19. The van der Waals surface area contributed by atoms with Crippen molar-refractivity contribution in [2.45, 2.75) is 59.9 Å². The normalized spacial score (nSPS) is 9.97. The SMILES string of the molecule is CC.CCCCOc1nc(N)c(NC)c(N(C=O)Cc2ccc(CCC)cc2)n1. The van der Waals surface area contributed by atoms with Crippen molar-refractivity contribution in [1.29, 1.82) is 0 Å². The molecule has 1 amide bonds. The predicted molar refractivity (Wildman–Crippen MR) is 120 cm³/mol. The molecular weight excluding hydrogens is 366 g/mol. The fraction of sp³-hybridized carbons (Fsp3) is 0.500. The van der Waals surface area contributed by atoms with Crippen molar-refractivity contribution < 1.29 is 9.53 Å². The van der Waals surface area contributed by atoms with E-state index in [1.54, 1.807) is 7.05 Å². The second-order valence-electron chi connectivity index (χ2n) is 6.34. The number of ether oxygens (including phenoxy) is 1. The standard InChI is InChI=1S/C20H29N5O2.C2H6/c1-4-6-12-27-20-23-18(21)17(22-3)19(24-20)25(14-26)13-16-10-8-15(7-5-2)9-11-16;1-2/h8-11,14,22H,4-7,12-13H2,1-3H3,(H2,21,23,24);1-2H3. The number of nitrogens with two attached hydrogens (primary N) is 1. The van der Waals surface area contributed by atoms with Crippen molar-refractivity contribution in [2.75, 3.05) is 29.6 Å². The van der Waals surface area contributed by atoms with Gasteiger partial charge in [0.25, 0.3) is 0 Å². The van der Waals surface area contributed by atoms with Crippen LogP contribution in [0.1, 0.15) is 58.1 Å². The van der Waals surface area contributed by atoms with E-state index in [-0.39, 0.29) is 11.8 Å². The molecule has 0 aliphatic carbocycles. The molecule has 0 saturated heterocycles. The van der Waals surface area contributed by atoms with Crippen LogP contribution in [0.4, 0.5) is 17.3 Å². The van der Waals surface area contributed by atoms with Crippen LogP contribution in [-0.2, 0) is 17.8 Å². The van der Waals surface area contributed by atoms with E-state index in [1.807, 2.05) is 26.0 Å². The second kappa shape index (κ2) is 13.4. The zero-order chi connectivity index (χ0) is 21.6. The van der Waals surface area contributed by atoms with Gasteiger partial charge in [-0.15, -0.1) is 0 Å². The molecular formula is C22H35N5O2.